The first-order valence-corrected chi connectivity index (χ1v) is 27.9. The molecule has 5 N–H and O–H groups in total. The molecule has 4 aliphatic carbocycles. The van der Waals surface area contributed by atoms with Crippen LogP contribution in [-0.4, -0.2) is 85.9 Å². The molecule has 11 heteroatoms. The first-order chi connectivity index (χ1) is 34.0. The second-order valence-electron chi connectivity index (χ2n) is 22.1. The molecule has 0 spiro atoms. The van der Waals surface area contributed by atoms with Crippen molar-refractivity contribution < 1.29 is 49.1 Å². The van der Waals surface area contributed by atoms with Crippen molar-refractivity contribution in [2.45, 2.75) is 257 Å². The summed E-state index contributed by atoms with van der Waals surface area (Å²) in [6.07, 6.45) is 47.9. The Hall–Kier alpha value is -3.45. The van der Waals surface area contributed by atoms with E-state index >= 15 is 0 Å². The summed E-state index contributed by atoms with van der Waals surface area (Å²) in [7, 11) is 0. The Balaban J connectivity index is 0.000000282. The highest BCUT2D eigenvalue weighted by atomic mass is 16.5. The van der Waals surface area contributed by atoms with Gasteiger partial charge in [0.15, 0.2) is 5.76 Å². The number of aromatic nitrogens is 1. The van der Waals surface area contributed by atoms with Crippen molar-refractivity contribution in [1.82, 2.24) is 5.16 Å². The number of hydrogen-bond acceptors (Lipinski definition) is 11. The summed E-state index contributed by atoms with van der Waals surface area (Å²) in [5, 5.41) is 53.9. The number of rotatable bonds is 31. The number of aliphatic hydroxyl groups excluding tert-OH is 4. The van der Waals surface area contributed by atoms with E-state index in [4.69, 9.17) is 26.8 Å². The first-order valence-electron chi connectivity index (χ1n) is 27.9. The van der Waals surface area contributed by atoms with Gasteiger partial charge in [-0.15, -0.1) is 25.3 Å². The van der Waals surface area contributed by atoms with Crippen LogP contribution in [0.15, 0.2) is 28.9 Å². The largest absolute Gasteiger partial charge is 0.463 e. The molecule has 4 aliphatic rings. The van der Waals surface area contributed by atoms with Gasteiger partial charge in [-0.2, -0.15) is 0 Å². The van der Waals surface area contributed by atoms with Gasteiger partial charge in [-0.1, -0.05) is 139 Å². The van der Waals surface area contributed by atoms with Crippen LogP contribution in [0.5, 0.6) is 0 Å². The van der Waals surface area contributed by atoms with Gasteiger partial charge >= 0.3 is 11.9 Å². The fourth-order valence-corrected chi connectivity index (χ4v) is 12.3. The molecule has 11 nitrogen and oxygen atoms in total. The van der Waals surface area contributed by atoms with Crippen LogP contribution in [-0.2, 0) is 25.5 Å². The van der Waals surface area contributed by atoms with E-state index in [2.05, 4.69) is 43.5 Å². The summed E-state index contributed by atoms with van der Waals surface area (Å²) >= 11 is 0. The van der Waals surface area contributed by atoms with Crippen molar-refractivity contribution in [1.29, 1.82) is 0 Å². The predicted octanol–water partition coefficient (Wildman–Crippen LogP) is 11.9. The summed E-state index contributed by atoms with van der Waals surface area (Å²) < 4.78 is 14.8. The second kappa shape index (κ2) is 33.4. The zero-order chi connectivity index (χ0) is 52.1. The Kier molecular flexibility index (Phi) is 29.1. The number of esters is 2. The van der Waals surface area contributed by atoms with Crippen LogP contribution in [0.3, 0.4) is 0 Å². The lowest BCUT2D eigenvalue weighted by Crippen LogP contribution is -2.54. The van der Waals surface area contributed by atoms with Crippen LogP contribution in [0, 0.1) is 53.3 Å². The van der Waals surface area contributed by atoms with E-state index < -0.39 is 42.0 Å². The second-order valence-corrected chi connectivity index (χ2v) is 22.1. The Morgan fingerprint density at radius 2 is 1.24 bits per heavy atom. The third-order valence-corrected chi connectivity index (χ3v) is 16.5. The standard InChI is InChI=1S/C22H27NO2.C19H36O4.C19H34O4/c1-4-22(24)10-8-18-16-6-5-15-11-19-14(13-23-25-19)12-20(15,2)17(16)7-9-21(18,22)3;2*1-3-4-5-6-7-8-9-10-11-12-13-14-18(21)15-19(22)16-23-17(2)20/h1,11,13,16-18,24H,5-10,12H2,2-3H3;3,18-19,21-22H,1,4-16H2,2H3;1,18-19,21-22H,4-16H2,2H3. The Labute approximate surface area is 429 Å². The molecule has 3 fully saturated rings. The van der Waals surface area contributed by atoms with E-state index in [0.29, 0.717) is 30.6 Å². The molecule has 402 valence electrons. The lowest BCUT2D eigenvalue weighted by Gasteiger charge is -2.58. The van der Waals surface area contributed by atoms with Gasteiger partial charge in [0.05, 0.1) is 30.6 Å². The number of aliphatic hydroxyl groups is 5. The molecular formula is C60H97NO10. The monoisotopic (exact) mass is 992 g/mol. The number of carbonyl (C=O) groups is 2. The Morgan fingerprint density at radius 3 is 1.73 bits per heavy atom. The highest BCUT2D eigenvalue weighted by molar-refractivity contribution is 5.66. The molecule has 10 unspecified atom stereocenters. The third-order valence-electron chi connectivity index (χ3n) is 16.5. The van der Waals surface area contributed by atoms with Crippen LogP contribution in [0.2, 0.25) is 0 Å². The maximum Gasteiger partial charge on any atom is 0.302 e. The highest BCUT2D eigenvalue weighted by Gasteiger charge is 2.63. The lowest BCUT2D eigenvalue weighted by atomic mass is 9.46. The van der Waals surface area contributed by atoms with Crippen molar-refractivity contribution in [3.8, 4) is 24.7 Å². The molecule has 71 heavy (non-hydrogen) atoms. The zero-order valence-corrected chi connectivity index (χ0v) is 44.7. The number of hydrogen-bond donors (Lipinski definition) is 5. The number of nitrogens with zero attached hydrogens (tertiary/aromatic N) is 1. The average molecular weight is 992 g/mol. The maximum absolute atomic E-state index is 11.1. The van der Waals surface area contributed by atoms with Crippen molar-refractivity contribution in [2.75, 3.05) is 13.2 Å². The number of terminal acetylenes is 2. The number of ether oxygens (including phenoxy) is 2. The number of unbranched alkanes of at least 4 members (excludes halogenated alkanes) is 18. The van der Waals surface area contributed by atoms with Gasteiger partial charge in [0.2, 0.25) is 0 Å². The Morgan fingerprint density at radius 1 is 0.746 bits per heavy atom. The van der Waals surface area contributed by atoms with Gasteiger partial charge < -0.3 is 39.5 Å². The normalized spacial score (nSPS) is 25.5. The minimum atomic E-state index is -0.909. The smallest absolute Gasteiger partial charge is 0.302 e. The van der Waals surface area contributed by atoms with Crippen LogP contribution in [0.1, 0.15) is 232 Å². The summed E-state index contributed by atoms with van der Waals surface area (Å²) in [4.78, 5) is 21.2. The molecule has 0 aliphatic heterocycles. The Bertz CT molecular complexity index is 1790. The molecular weight excluding hydrogens is 895 g/mol. The fraction of sp³-hybridized carbons (Fsp3) is 0.783. The van der Waals surface area contributed by atoms with Gasteiger partial charge in [0, 0.05) is 44.1 Å². The maximum atomic E-state index is 11.1. The van der Waals surface area contributed by atoms with E-state index in [-0.39, 0.29) is 36.9 Å². The predicted molar refractivity (Wildman–Crippen MR) is 283 cm³/mol. The lowest BCUT2D eigenvalue weighted by molar-refractivity contribution is -0.145. The molecule has 1 heterocycles. The van der Waals surface area contributed by atoms with Gasteiger partial charge in [0.25, 0.3) is 0 Å². The van der Waals surface area contributed by atoms with E-state index in [1.165, 1.54) is 109 Å². The minimum Gasteiger partial charge on any atom is -0.463 e. The molecule has 1 aromatic rings. The molecule has 10 atom stereocenters. The van der Waals surface area contributed by atoms with Crippen molar-refractivity contribution in [3.63, 3.8) is 0 Å². The molecule has 0 bridgehead atoms. The topological polar surface area (TPSA) is 180 Å². The average Bonchev–Trinajstić information content (AvgIpc) is 3.90. The molecule has 5 rings (SSSR count). The van der Waals surface area contributed by atoms with Crippen molar-refractivity contribution in [3.05, 3.63) is 35.7 Å². The SMILES string of the molecule is C#CC1(O)CCC2C3CCC4=Cc5oncc5CC4(C)C3CCC21C.C#CCCCCCCCCCCCC(O)CC(O)COC(C)=O.C=CCCCCCCCCCCCC(O)CC(O)COC(C)=O. The van der Waals surface area contributed by atoms with Crippen LogP contribution in [0.25, 0.3) is 6.08 Å². The third kappa shape index (κ3) is 21.1. The van der Waals surface area contributed by atoms with Crippen LogP contribution in [0.4, 0.5) is 0 Å². The minimum absolute atomic E-state index is 0.0286. The fourth-order valence-electron chi connectivity index (χ4n) is 12.3. The van der Waals surface area contributed by atoms with Crippen LogP contribution < -0.4 is 0 Å². The first kappa shape index (κ1) is 61.8. The summed E-state index contributed by atoms with van der Waals surface area (Å²) in [6.45, 7) is 11.0. The number of allylic oxidation sites excluding steroid dienone is 2. The van der Waals surface area contributed by atoms with Gasteiger partial charge in [-0.05, 0) is 106 Å². The highest BCUT2D eigenvalue weighted by Crippen LogP contribution is 2.67. The quantitative estimate of drug-likeness (QED) is 0.0207. The summed E-state index contributed by atoms with van der Waals surface area (Å²) in [5.74, 6) is 7.49. The van der Waals surface area contributed by atoms with Gasteiger partial charge in [-0.3, -0.25) is 9.59 Å². The molecule has 0 aromatic carbocycles. The zero-order valence-electron chi connectivity index (χ0n) is 44.7. The van der Waals surface area contributed by atoms with Crippen molar-refractivity contribution >= 4 is 18.0 Å². The van der Waals surface area contributed by atoms with Crippen LogP contribution >= 0.6 is 0 Å². The van der Waals surface area contributed by atoms with E-state index in [9.17, 15) is 35.1 Å². The summed E-state index contributed by atoms with van der Waals surface area (Å²) in [6, 6.07) is 0. The van der Waals surface area contributed by atoms with E-state index in [0.717, 1.165) is 89.2 Å². The van der Waals surface area contributed by atoms with E-state index in [1.807, 2.05) is 12.3 Å². The molecule has 1 aromatic heterocycles. The molecule has 0 radical (unpaired) electrons. The number of carbonyl (C=O) groups excluding carboxylic acids is 2. The summed E-state index contributed by atoms with van der Waals surface area (Å²) in [5.41, 5.74) is 1.99. The molecule has 0 amide bonds. The van der Waals surface area contributed by atoms with Gasteiger partial charge in [0.1, 0.15) is 18.8 Å². The van der Waals surface area contributed by atoms with E-state index in [1.54, 1.807) is 5.57 Å². The molecule has 0 saturated heterocycles. The van der Waals surface area contributed by atoms with Crippen molar-refractivity contribution in [2.24, 2.45) is 28.6 Å². The molecule has 3 saturated carbocycles. The van der Waals surface area contributed by atoms with Gasteiger partial charge in [-0.25, -0.2) is 0 Å². The number of fused-ring (bicyclic) bond motifs is 6.